The number of carbonyl (C=O) groups is 1. The predicted octanol–water partition coefficient (Wildman–Crippen LogP) is 3.37. The summed E-state index contributed by atoms with van der Waals surface area (Å²) in [5.41, 5.74) is 1.39. The van der Waals surface area contributed by atoms with Crippen LogP contribution in [0.3, 0.4) is 0 Å². The van der Waals surface area contributed by atoms with E-state index in [0.717, 1.165) is 5.56 Å². The average Bonchev–Trinajstić information content (AvgIpc) is 2.61. The maximum absolute atomic E-state index is 13.4. The van der Waals surface area contributed by atoms with Gasteiger partial charge in [-0.05, 0) is 23.8 Å². The van der Waals surface area contributed by atoms with E-state index in [-0.39, 0.29) is 12.2 Å². The van der Waals surface area contributed by atoms with Gasteiger partial charge in [-0.15, -0.1) is 0 Å². The third-order valence-electron chi connectivity index (χ3n) is 3.05. The molecule has 0 spiro atoms. The molecule has 120 valence electrons. The van der Waals surface area contributed by atoms with Gasteiger partial charge in [0.2, 0.25) is 0 Å². The third-order valence-corrected chi connectivity index (χ3v) is 3.05. The van der Waals surface area contributed by atoms with Crippen LogP contribution in [0.4, 0.5) is 9.18 Å². The zero-order chi connectivity index (χ0) is 17.2. The Morgan fingerprint density at radius 1 is 1.21 bits per heavy atom. The maximum Gasteiger partial charge on any atom is 0.407 e. The van der Waals surface area contributed by atoms with Crippen LogP contribution in [0.1, 0.15) is 23.1 Å². The predicted molar refractivity (Wildman–Crippen MR) is 87.2 cm³/mol. The minimum Gasteiger partial charge on any atom is -0.445 e. The molecular weight excluding hydrogens is 307 g/mol. The normalized spacial score (nSPS) is 9.33. The molecule has 0 aliphatic rings. The Kier molecular flexibility index (Phi) is 6.37. The van der Waals surface area contributed by atoms with Crippen LogP contribution in [0.5, 0.6) is 0 Å². The van der Waals surface area contributed by atoms with Crippen LogP contribution < -0.4 is 5.32 Å². The first-order valence-corrected chi connectivity index (χ1v) is 7.32. The lowest BCUT2D eigenvalue weighted by atomic mass is 10.1. The van der Waals surface area contributed by atoms with E-state index in [9.17, 15) is 9.18 Å². The zero-order valence-corrected chi connectivity index (χ0v) is 12.9. The number of rotatable bonds is 4. The molecule has 2 aromatic rings. The van der Waals surface area contributed by atoms with Crippen molar-refractivity contribution in [1.29, 1.82) is 5.26 Å². The van der Waals surface area contributed by atoms with Gasteiger partial charge in [0.15, 0.2) is 0 Å². The van der Waals surface area contributed by atoms with E-state index >= 15 is 0 Å². The lowest BCUT2D eigenvalue weighted by molar-refractivity contribution is 0.140. The quantitative estimate of drug-likeness (QED) is 0.693. The van der Waals surface area contributed by atoms with Crippen LogP contribution in [0, 0.1) is 29.0 Å². The van der Waals surface area contributed by atoms with Gasteiger partial charge in [-0.3, -0.25) is 0 Å². The summed E-state index contributed by atoms with van der Waals surface area (Å²) in [4.78, 5) is 11.5. The molecule has 0 unspecified atom stereocenters. The molecule has 0 radical (unpaired) electrons. The van der Waals surface area contributed by atoms with Crippen molar-refractivity contribution < 1.29 is 13.9 Å². The molecular formula is C19H15FN2O2. The van der Waals surface area contributed by atoms with E-state index in [0.29, 0.717) is 18.5 Å². The van der Waals surface area contributed by atoms with E-state index in [1.165, 1.54) is 12.1 Å². The summed E-state index contributed by atoms with van der Waals surface area (Å²) in [6.45, 7) is 0.544. The Labute approximate surface area is 139 Å². The first kappa shape index (κ1) is 17.1. The molecule has 0 aliphatic carbocycles. The highest BCUT2D eigenvalue weighted by atomic mass is 19.1. The summed E-state index contributed by atoms with van der Waals surface area (Å²) in [5, 5.41) is 11.2. The van der Waals surface area contributed by atoms with Gasteiger partial charge in [0.1, 0.15) is 18.5 Å². The van der Waals surface area contributed by atoms with Gasteiger partial charge in [-0.2, -0.15) is 5.26 Å². The van der Waals surface area contributed by atoms with Gasteiger partial charge in [0.25, 0.3) is 0 Å². The van der Waals surface area contributed by atoms with E-state index in [4.69, 9.17) is 10.00 Å². The number of carbonyl (C=O) groups excluding carboxylic acids is 1. The number of halogens is 1. The van der Waals surface area contributed by atoms with Crippen molar-refractivity contribution >= 4 is 6.09 Å². The van der Waals surface area contributed by atoms with E-state index in [2.05, 4.69) is 17.2 Å². The second kappa shape index (κ2) is 8.97. The summed E-state index contributed by atoms with van der Waals surface area (Å²) in [6.07, 6.45) is -0.104. The molecule has 2 rings (SSSR count). The van der Waals surface area contributed by atoms with Gasteiger partial charge in [-0.25, -0.2) is 9.18 Å². The number of ether oxygens (including phenoxy) is 1. The second-order valence-corrected chi connectivity index (χ2v) is 4.85. The lowest BCUT2D eigenvalue weighted by Gasteiger charge is -2.05. The van der Waals surface area contributed by atoms with Crippen molar-refractivity contribution in [3.05, 3.63) is 71.0 Å². The highest BCUT2D eigenvalue weighted by Gasteiger charge is 2.01. The number of amides is 1. The molecule has 0 heterocycles. The summed E-state index contributed by atoms with van der Waals surface area (Å²) in [6, 6.07) is 15.3. The standard InChI is InChI=1S/C19H15FN2O2/c20-18-12-15(9-10-17(18)13-21)6-4-5-11-22-19(23)24-14-16-7-2-1-3-8-16/h1-3,7-10,12H,5,11,14H2,(H,22,23). The topological polar surface area (TPSA) is 62.1 Å². The fourth-order valence-corrected chi connectivity index (χ4v) is 1.85. The minimum absolute atomic E-state index is 0.0108. The van der Waals surface area contributed by atoms with Crippen LogP contribution in [-0.2, 0) is 11.3 Å². The van der Waals surface area contributed by atoms with Crippen LogP contribution in [0.15, 0.2) is 48.5 Å². The van der Waals surface area contributed by atoms with Gasteiger partial charge < -0.3 is 10.1 Å². The lowest BCUT2D eigenvalue weighted by Crippen LogP contribution is -2.24. The van der Waals surface area contributed by atoms with Gasteiger partial charge in [-0.1, -0.05) is 42.2 Å². The summed E-state index contributed by atoms with van der Waals surface area (Å²) < 4.78 is 18.4. The fraction of sp³-hybridized carbons (Fsp3) is 0.158. The molecule has 2 aromatic carbocycles. The molecule has 0 atom stereocenters. The SMILES string of the molecule is N#Cc1ccc(C#CCCNC(=O)OCc2ccccc2)cc1F. The molecule has 0 saturated heterocycles. The van der Waals surface area contributed by atoms with Gasteiger partial charge in [0, 0.05) is 18.5 Å². The number of benzene rings is 2. The molecule has 24 heavy (non-hydrogen) atoms. The molecule has 0 aliphatic heterocycles. The zero-order valence-electron chi connectivity index (χ0n) is 12.9. The number of hydrogen-bond donors (Lipinski definition) is 1. The fourth-order valence-electron chi connectivity index (χ4n) is 1.85. The smallest absolute Gasteiger partial charge is 0.407 e. The molecule has 0 fully saturated rings. The average molecular weight is 322 g/mol. The molecule has 0 aromatic heterocycles. The second-order valence-electron chi connectivity index (χ2n) is 4.85. The summed E-state index contributed by atoms with van der Waals surface area (Å²) in [5.74, 6) is 5.01. The molecule has 1 amide bonds. The number of alkyl carbamates (subject to hydrolysis) is 1. The van der Waals surface area contributed by atoms with Crippen molar-refractivity contribution in [2.75, 3.05) is 6.54 Å². The first-order valence-electron chi connectivity index (χ1n) is 7.32. The van der Waals surface area contributed by atoms with Crippen LogP contribution in [-0.4, -0.2) is 12.6 Å². The van der Waals surface area contributed by atoms with Crippen molar-refractivity contribution in [2.24, 2.45) is 0 Å². The first-order chi connectivity index (χ1) is 11.7. The Morgan fingerprint density at radius 2 is 2.00 bits per heavy atom. The number of hydrogen-bond acceptors (Lipinski definition) is 3. The molecule has 5 heteroatoms. The van der Waals surface area contributed by atoms with Crippen LogP contribution >= 0.6 is 0 Å². The highest BCUT2D eigenvalue weighted by Crippen LogP contribution is 2.08. The largest absolute Gasteiger partial charge is 0.445 e. The molecule has 0 bridgehead atoms. The van der Waals surface area contributed by atoms with Crippen molar-refractivity contribution in [1.82, 2.24) is 5.32 Å². The summed E-state index contributed by atoms with van der Waals surface area (Å²) in [7, 11) is 0. The Balaban J connectivity index is 1.70. The van der Waals surface area contributed by atoms with Crippen molar-refractivity contribution in [2.45, 2.75) is 13.0 Å². The third kappa shape index (κ3) is 5.47. The molecule has 1 N–H and O–H groups in total. The monoisotopic (exact) mass is 322 g/mol. The Bertz CT molecular complexity index is 802. The van der Waals surface area contributed by atoms with E-state index < -0.39 is 11.9 Å². The van der Waals surface area contributed by atoms with Crippen molar-refractivity contribution in [3.8, 4) is 17.9 Å². The molecule has 0 saturated carbocycles. The Hall–Kier alpha value is -3.31. The summed E-state index contributed by atoms with van der Waals surface area (Å²) >= 11 is 0. The Morgan fingerprint density at radius 3 is 2.71 bits per heavy atom. The minimum atomic E-state index is -0.591. The van der Waals surface area contributed by atoms with E-state index in [1.807, 2.05) is 30.3 Å². The number of nitrogens with one attached hydrogen (secondary N) is 1. The van der Waals surface area contributed by atoms with Gasteiger partial charge >= 0.3 is 6.09 Å². The van der Waals surface area contributed by atoms with Gasteiger partial charge in [0.05, 0.1) is 5.56 Å². The van der Waals surface area contributed by atoms with Crippen LogP contribution in [0.2, 0.25) is 0 Å². The van der Waals surface area contributed by atoms with E-state index in [1.54, 1.807) is 12.1 Å². The maximum atomic E-state index is 13.4. The van der Waals surface area contributed by atoms with Crippen LogP contribution in [0.25, 0.3) is 0 Å². The number of nitriles is 1. The highest BCUT2D eigenvalue weighted by molar-refractivity contribution is 5.67. The number of nitrogens with zero attached hydrogens (tertiary/aromatic N) is 1. The molecule has 4 nitrogen and oxygen atoms in total. The van der Waals surface area contributed by atoms with Crippen molar-refractivity contribution in [3.63, 3.8) is 0 Å².